The highest BCUT2D eigenvalue weighted by Crippen LogP contribution is 2.30. The van der Waals surface area contributed by atoms with Gasteiger partial charge in [0.2, 0.25) is 5.91 Å². The molecule has 2 aliphatic rings. The van der Waals surface area contributed by atoms with Crippen molar-refractivity contribution in [1.82, 2.24) is 9.80 Å². The number of nitrogens with zero attached hydrogens (tertiary/aromatic N) is 2. The number of amides is 1. The normalized spacial score (nSPS) is 20.6. The van der Waals surface area contributed by atoms with Crippen molar-refractivity contribution in [1.29, 1.82) is 0 Å². The minimum absolute atomic E-state index is 0.251. The van der Waals surface area contributed by atoms with E-state index in [1.165, 1.54) is 5.56 Å². The molecule has 0 bridgehead atoms. The number of ether oxygens (including phenoxy) is 3. The Balaban J connectivity index is 1.28. The van der Waals surface area contributed by atoms with Crippen LogP contribution in [0.1, 0.15) is 55.2 Å². The molecule has 2 aliphatic heterocycles. The van der Waals surface area contributed by atoms with Crippen molar-refractivity contribution in [2.45, 2.75) is 64.5 Å². The van der Waals surface area contributed by atoms with Gasteiger partial charge in [0, 0.05) is 32.6 Å². The molecule has 2 aromatic rings. The van der Waals surface area contributed by atoms with Gasteiger partial charge in [-0.05, 0) is 81.8 Å². The van der Waals surface area contributed by atoms with Gasteiger partial charge in [0.05, 0.1) is 19.3 Å². The molecule has 0 radical (unpaired) electrons. The van der Waals surface area contributed by atoms with Gasteiger partial charge < -0.3 is 24.2 Å². The number of carbonyl (C=O) groups is 1. The van der Waals surface area contributed by atoms with E-state index < -0.39 is 5.60 Å². The Morgan fingerprint density at radius 1 is 0.946 bits per heavy atom. The van der Waals surface area contributed by atoms with Gasteiger partial charge in [0.25, 0.3) is 0 Å². The second-order valence-electron chi connectivity index (χ2n) is 10.6. The number of likely N-dealkylation sites (tertiary alicyclic amines) is 2. The van der Waals surface area contributed by atoms with E-state index in [0.29, 0.717) is 26.1 Å². The van der Waals surface area contributed by atoms with Crippen molar-refractivity contribution in [3.05, 3.63) is 53.1 Å². The van der Waals surface area contributed by atoms with Crippen LogP contribution in [-0.4, -0.2) is 72.9 Å². The largest absolute Gasteiger partial charge is 0.493 e. The maximum Gasteiger partial charge on any atom is 0.222 e. The minimum atomic E-state index is -0.822. The first kappa shape index (κ1) is 27.3. The van der Waals surface area contributed by atoms with Gasteiger partial charge in [-0.15, -0.1) is 0 Å². The molecule has 0 aromatic heterocycles. The average molecular weight is 511 g/mol. The molecule has 1 atom stereocenters. The molecule has 0 aliphatic carbocycles. The third kappa shape index (κ3) is 7.62. The van der Waals surface area contributed by atoms with Crippen molar-refractivity contribution in [3.8, 4) is 17.2 Å². The van der Waals surface area contributed by atoms with Crippen molar-refractivity contribution in [2.75, 3.05) is 46.5 Å². The summed E-state index contributed by atoms with van der Waals surface area (Å²) in [5.74, 6) is 2.55. The minimum Gasteiger partial charge on any atom is -0.493 e. The van der Waals surface area contributed by atoms with Crippen LogP contribution in [0.2, 0.25) is 0 Å². The van der Waals surface area contributed by atoms with E-state index in [1.807, 2.05) is 30.0 Å². The SMILES string of the molecule is COc1ccc(CN2CCC[C@@](O)(COc3ccc(C)cc3C)CC2)cc1OCCCN1CCCC1=O. The van der Waals surface area contributed by atoms with Gasteiger partial charge in [-0.1, -0.05) is 23.8 Å². The highest BCUT2D eigenvalue weighted by Gasteiger charge is 2.31. The van der Waals surface area contributed by atoms with E-state index in [1.54, 1.807) is 7.11 Å². The van der Waals surface area contributed by atoms with Crippen molar-refractivity contribution < 1.29 is 24.1 Å². The number of hydrogen-bond acceptors (Lipinski definition) is 6. The van der Waals surface area contributed by atoms with Gasteiger partial charge >= 0.3 is 0 Å². The molecule has 7 heteroatoms. The third-order valence-corrected chi connectivity index (χ3v) is 7.47. The lowest BCUT2D eigenvalue weighted by atomic mass is 9.96. The molecule has 4 rings (SSSR count). The van der Waals surface area contributed by atoms with Crippen LogP contribution in [0, 0.1) is 13.8 Å². The Morgan fingerprint density at radius 3 is 2.54 bits per heavy atom. The highest BCUT2D eigenvalue weighted by atomic mass is 16.5. The van der Waals surface area contributed by atoms with E-state index in [0.717, 1.165) is 86.8 Å². The number of aliphatic hydroxyl groups is 1. The lowest BCUT2D eigenvalue weighted by Gasteiger charge is -2.27. The molecule has 37 heavy (non-hydrogen) atoms. The summed E-state index contributed by atoms with van der Waals surface area (Å²) in [5.41, 5.74) is 2.64. The second-order valence-corrected chi connectivity index (χ2v) is 10.6. The Bertz CT molecular complexity index is 1060. The molecule has 202 valence electrons. The van der Waals surface area contributed by atoms with E-state index in [9.17, 15) is 9.90 Å². The second kappa shape index (κ2) is 12.7. The highest BCUT2D eigenvalue weighted by molar-refractivity contribution is 5.78. The third-order valence-electron chi connectivity index (χ3n) is 7.47. The topological polar surface area (TPSA) is 71.5 Å². The van der Waals surface area contributed by atoms with E-state index in [-0.39, 0.29) is 5.91 Å². The molecule has 0 saturated carbocycles. The molecule has 2 heterocycles. The molecule has 1 N–H and O–H groups in total. The van der Waals surface area contributed by atoms with Crippen LogP contribution in [0.15, 0.2) is 36.4 Å². The van der Waals surface area contributed by atoms with Crippen molar-refractivity contribution in [2.24, 2.45) is 0 Å². The van der Waals surface area contributed by atoms with E-state index >= 15 is 0 Å². The summed E-state index contributed by atoms with van der Waals surface area (Å²) in [4.78, 5) is 16.1. The van der Waals surface area contributed by atoms with Gasteiger partial charge in [-0.25, -0.2) is 0 Å². The summed E-state index contributed by atoms with van der Waals surface area (Å²) in [7, 11) is 1.65. The Hall–Kier alpha value is -2.77. The number of aryl methyl sites for hydroxylation is 2. The maximum atomic E-state index is 11.8. The van der Waals surface area contributed by atoms with Crippen LogP contribution in [0.5, 0.6) is 17.2 Å². The van der Waals surface area contributed by atoms with Crippen molar-refractivity contribution >= 4 is 5.91 Å². The number of carbonyl (C=O) groups excluding carboxylic acids is 1. The van der Waals surface area contributed by atoms with Gasteiger partial charge in [0.1, 0.15) is 12.4 Å². The number of rotatable bonds is 11. The van der Waals surface area contributed by atoms with Crippen LogP contribution in [0.25, 0.3) is 0 Å². The molecular weight excluding hydrogens is 468 g/mol. The predicted octanol–water partition coefficient (Wildman–Crippen LogP) is 4.50. The van der Waals surface area contributed by atoms with Crippen LogP contribution in [0.3, 0.4) is 0 Å². The number of hydrogen-bond donors (Lipinski definition) is 1. The molecule has 7 nitrogen and oxygen atoms in total. The van der Waals surface area contributed by atoms with Crippen LogP contribution < -0.4 is 14.2 Å². The molecule has 2 fully saturated rings. The predicted molar refractivity (Wildman–Crippen MR) is 144 cm³/mol. The molecule has 0 unspecified atom stereocenters. The number of methoxy groups -OCH3 is 1. The zero-order chi connectivity index (χ0) is 26.3. The Morgan fingerprint density at radius 2 is 1.78 bits per heavy atom. The zero-order valence-corrected chi connectivity index (χ0v) is 22.6. The lowest BCUT2D eigenvalue weighted by Crippen LogP contribution is -2.37. The first-order chi connectivity index (χ1) is 17.8. The summed E-state index contributed by atoms with van der Waals surface area (Å²) < 4.78 is 17.6. The van der Waals surface area contributed by atoms with Crippen molar-refractivity contribution in [3.63, 3.8) is 0 Å². The standard InChI is InChI=1S/C30H42N2O5/c1-23-8-10-26(24(2)19-23)37-22-30(34)12-5-14-31(17-13-30)21-25-9-11-27(35-3)28(20-25)36-18-6-16-32-15-4-7-29(32)33/h8-11,19-20,34H,4-7,12-18,21-22H2,1-3H3/t30-/m0/s1. The first-order valence-corrected chi connectivity index (χ1v) is 13.6. The lowest BCUT2D eigenvalue weighted by molar-refractivity contribution is -0.127. The van der Waals surface area contributed by atoms with Crippen LogP contribution in [0.4, 0.5) is 0 Å². The van der Waals surface area contributed by atoms with E-state index in [4.69, 9.17) is 14.2 Å². The fraction of sp³-hybridized carbons (Fsp3) is 0.567. The fourth-order valence-corrected chi connectivity index (χ4v) is 5.28. The average Bonchev–Trinajstić information content (AvgIpc) is 3.19. The fourth-order valence-electron chi connectivity index (χ4n) is 5.28. The molecular formula is C30H42N2O5. The summed E-state index contributed by atoms with van der Waals surface area (Å²) in [5, 5.41) is 11.3. The summed E-state index contributed by atoms with van der Waals surface area (Å²) >= 11 is 0. The summed E-state index contributed by atoms with van der Waals surface area (Å²) in [6.07, 6.45) is 4.75. The van der Waals surface area contributed by atoms with Crippen LogP contribution in [-0.2, 0) is 11.3 Å². The van der Waals surface area contributed by atoms with Gasteiger partial charge in [-0.3, -0.25) is 9.69 Å². The van der Waals surface area contributed by atoms with Gasteiger partial charge in [-0.2, -0.15) is 0 Å². The molecule has 1 amide bonds. The first-order valence-electron chi connectivity index (χ1n) is 13.6. The molecule has 2 aromatic carbocycles. The van der Waals surface area contributed by atoms with Gasteiger partial charge in [0.15, 0.2) is 11.5 Å². The van der Waals surface area contributed by atoms with Crippen LogP contribution >= 0.6 is 0 Å². The summed E-state index contributed by atoms with van der Waals surface area (Å²) in [6.45, 7) is 9.09. The number of benzene rings is 2. The monoisotopic (exact) mass is 510 g/mol. The Kier molecular flexibility index (Phi) is 9.33. The quantitative estimate of drug-likeness (QED) is 0.449. The zero-order valence-electron chi connectivity index (χ0n) is 22.6. The summed E-state index contributed by atoms with van der Waals surface area (Å²) in [6, 6.07) is 12.2. The Labute approximate surface area is 221 Å². The smallest absolute Gasteiger partial charge is 0.222 e. The van der Waals surface area contributed by atoms with E-state index in [2.05, 4.69) is 30.0 Å². The molecule has 2 saturated heterocycles. The maximum absolute atomic E-state index is 11.8. The molecule has 0 spiro atoms.